The highest BCUT2D eigenvalue weighted by atomic mass is 16.5. The van der Waals surface area contributed by atoms with Gasteiger partial charge in [-0.15, -0.1) is 0 Å². The first-order valence-corrected chi connectivity index (χ1v) is 6.27. The van der Waals surface area contributed by atoms with E-state index >= 15 is 0 Å². The number of ether oxygens (including phenoxy) is 1. The quantitative estimate of drug-likeness (QED) is 0.869. The normalized spacial score (nSPS) is 22.4. The van der Waals surface area contributed by atoms with Crippen LogP contribution in [0.4, 0.5) is 0 Å². The summed E-state index contributed by atoms with van der Waals surface area (Å²) in [4.78, 5) is 2.25. The van der Waals surface area contributed by atoms with Gasteiger partial charge >= 0.3 is 0 Å². The van der Waals surface area contributed by atoms with Crippen molar-refractivity contribution in [3.8, 4) is 6.07 Å². The minimum Gasteiger partial charge on any atom is -0.361 e. The standard InChI is InChI=1S/C14H19N3O/c1-11-4-2-3-5-13(11)14(9-16)17-6-7-18-12(8-15)10-17/h2-5,12,14H,6-7,9-10,16H2,1H3. The first-order chi connectivity index (χ1) is 8.76. The van der Waals surface area contributed by atoms with Gasteiger partial charge < -0.3 is 10.5 Å². The average molecular weight is 245 g/mol. The average Bonchev–Trinajstić information content (AvgIpc) is 2.42. The van der Waals surface area contributed by atoms with Gasteiger partial charge in [0.05, 0.1) is 12.7 Å². The van der Waals surface area contributed by atoms with Gasteiger partial charge in [-0.2, -0.15) is 5.26 Å². The lowest BCUT2D eigenvalue weighted by Crippen LogP contribution is -2.45. The number of nitriles is 1. The molecule has 2 N–H and O–H groups in total. The first-order valence-electron chi connectivity index (χ1n) is 6.27. The van der Waals surface area contributed by atoms with Gasteiger partial charge in [0.2, 0.25) is 0 Å². The second kappa shape index (κ2) is 5.96. The molecule has 1 aromatic rings. The lowest BCUT2D eigenvalue weighted by atomic mass is 9.99. The lowest BCUT2D eigenvalue weighted by Gasteiger charge is -2.36. The maximum Gasteiger partial charge on any atom is 0.156 e. The fraction of sp³-hybridized carbons (Fsp3) is 0.500. The Balaban J connectivity index is 2.19. The predicted octanol–water partition coefficient (Wildman–Crippen LogP) is 1.22. The molecule has 0 saturated carbocycles. The molecule has 1 aromatic carbocycles. The van der Waals surface area contributed by atoms with Crippen LogP contribution in [0.2, 0.25) is 0 Å². The van der Waals surface area contributed by atoms with Gasteiger partial charge in [0, 0.05) is 25.7 Å². The van der Waals surface area contributed by atoms with E-state index in [-0.39, 0.29) is 12.1 Å². The van der Waals surface area contributed by atoms with Crippen LogP contribution in [0.5, 0.6) is 0 Å². The van der Waals surface area contributed by atoms with Crippen LogP contribution in [0.1, 0.15) is 17.2 Å². The highest BCUT2D eigenvalue weighted by Gasteiger charge is 2.27. The molecule has 0 amide bonds. The van der Waals surface area contributed by atoms with Crippen molar-refractivity contribution in [2.24, 2.45) is 5.73 Å². The summed E-state index contributed by atoms with van der Waals surface area (Å²) in [5.74, 6) is 0. The summed E-state index contributed by atoms with van der Waals surface area (Å²) in [5, 5.41) is 8.96. The second-order valence-electron chi connectivity index (χ2n) is 4.59. The molecule has 1 fully saturated rings. The zero-order valence-electron chi connectivity index (χ0n) is 10.7. The summed E-state index contributed by atoms with van der Waals surface area (Å²) in [6.45, 7) is 4.71. The molecule has 1 saturated heterocycles. The molecule has 2 unspecified atom stereocenters. The van der Waals surface area contributed by atoms with Gasteiger partial charge in [-0.1, -0.05) is 24.3 Å². The van der Waals surface area contributed by atoms with Crippen molar-refractivity contribution in [3.05, 3.63) is 35.4 Å². The van der Waals surface area contributed by atoms with Crippen LogP contribution in [-0.2, 0) is 4.74 Å². The van der Waals surface area contributed by atoms with Gasteiger partial charge in [-0.25, -0.2) is 0 Å². The predicted molar refractivity (Wildman–Crippen MR) is 69.9 cm³/mol. The molecular weight excluding hydrogens is 226 g/mol. The molecule has 2 rings (SSSR count). The van der Waals surface area contributed by atoms with Gasteiger partial charge in [-0.3, -0.25) is 4.90 Å². The lowest BCUT2D eigenvalue weighted by molar-refractivity contribution is -0.0162. The monoisotopic (exact) mass is 245 g/mol. The molecular formula is C14H19N3O. The van der Waals surface area contributed by atoms with Gasteiger partial charge in [0.1, 0.15) is 0 Å². The van der Waals surface area contributed by atoms with Crippen LogP contribution < -0.4 is 5.73 Å². The van der Waals surface area contributed by atoms with E-state index in [1.807, 2.05) is 12.1 Å². The fourth-order valence-electron chi connectivity index (χ4n) is 2.46. The number of rotatable bonds is 3. The van der Waals surface area contributed by atoms with Crippen LogP contribution in [0.3, 0.4) is 0 Å². The van der Waals surface area contributed by atoms with Crippen molar-refractivity contribution in [2.45, 2.75) is 19.1 Å². The zero-order chi connectivity index (χ0) is 13.0. The molecule has 1 aliphatic heterocycles. The third kappa shape index (κ3) is 2.70. The first kappa shape index (κ1) is 13.0. The number of benzene rings is 1. The third-order valence-electron chi connectivity index (χ3n) is 3.45. The van der Waals surface area contributed by atoms with Crippen molar-refractivity contribution in [1.82, 2.24) is 4.90 Å². The molecule has 4 nitrogen and oxygen atoms in total. The SMILES string of the molecule is Cc1ccccc1C(CN)N1CCOC(C#N)C1. The highest BCUT2D eigenvalue weighted by molar-refractivity contribution is 5.29. The van der Waals surface area contributed by atoms with E-state index in [9.17, 15) is 0 Å². The van der Waals surface area contributed by atoms with Gasteiger partial charge in [0.25, 0.3) is 0 Å². The van der Waals surface area contributed by atoms with E-state index in [2.05, 4.69) is 30.0 Å². The maximum absolute atomic E-state index is 8.96. The van der Waals surface area contributed by atoms with E-state index in [1.54, 1.807) is 0 Å². The fourth-order valence-corrected chi connectivity index (χ4v) is 2.46. The van der Waals surface area contributed by atoms with E-state index in [4.69, 9.17) is 15.7 Å². The van der Waals surface area contributed by atoms with Crippen LogP contribution in [-0.4, -0.2) is 37.2 Å². The Morgan fingerprint density at radius 3 is 3.00 bits per heavy atom. The zero-order valence-corrected chi connectivity index (χ0v) is 10.7. The van der Waals surface area contributed by atoms with E-state index in [0.717, 1.165) is 6.54 Å². The molecule has 1 aliphatic rings. The van der Waals surface area contributed by atoms with E-state index in [0.29, 0.717) is 19.7 Å². The van der Waals surface area contributed by atoms with Crippen molar-refractivity contribution < 1.29 is 4.74 Å². The number of hydrogen-bond acceptors (Lipinski definition) is 4. The van der Waals surface area contributed by atoms with Crippen LogP contribution in [0, 0.1) is 18.3 Å². The molecule has 0 bridgehead atoms. The highest BCUT2D eigenvalue weighted by Crippen LogP contribution is 2.24. The summed E-state index contributed by atoms with van der Waals surface area (Å²) in [6.07, 6.45) is -0.336. The topological polar surface area (TPSA) is 62.3 Å². The van der Waals surface area contributed by atoms with E-state index < -0.39 is 0 Å². The van der Waals surface area contributed by atoms with Gasteiger partial charge in [0.15, 0.2) is 6.10 Å². The molecule has 1 heterocycles. The van der Waals surface area contributed by atoms with Crippen molar-refractivity contribution in [3.63, 3.8) is 0 Å². The Morgan fingerprint density at radius 2 is 2.33 bits per heavy atom. The summed E-state index contributed by atoms with van der Waals surface area (Å²) in [6, 6.07) is 10.6. The van der Waals surface area contributed by atoms with Crippen LogP contribution in [0.25, 0.3) is 0 Å². The molecule has 96 valence electrons. The Labute approximate surface area is 108 Å². The third-order valence-corrected chi connectivity index (χ3v) is 3.45. The summed E-state index contributed by atoms with van der Waals surface area (Å²) >= 11 is 0. The van der Waals surface area contributed by atoms with E-state index in [1.165, 1.54) is 11.1 Å². The number of hydrogen-bond donors (Lipinski definition) is 1. The van der Waals surface area contributed by atoms with Gasteiger partial charge in [-0.05, 0) is 18.1 Å². The molecule has 0 aromatic heterocycles. The smallest absolute Gasteiger partial charge is 0.156 e. The Morgan fingerprint density at radius 1 is 1.56 bits per heavy atom. The molecule has 0 spiro atoms. The molecule has 0 aliphatic carbocycles. The van der Waals surface area contributed by atoms with Crippen molar-refractivity contribution in [2.75, 3.05) is 26.2 Å². The number of nitrogens with two attached hydrogens (primary N) is 1. The Bertz CT molecular complexity index is 441. The summed E-state index contributed by atoms with van der Waals surface area (Å²) < 4.78 is 5.37. The molecule has 18 heavy (non-hydrogen) atoms. The number of morpholine rings is 1. The largest absolute Gasteiger partial charge is 0.361 e. The number of aryl methyl sites for hydroxylation is 1. The minimum absolute atomic E-state index is 0.172. The second-order valence-corrected chi connectivity index (χ2v) is 4.59. The van der Waals surface area contributed by atoms with Crippen LogP contribution in [0.15, 0.2) is 24.3 Å². The molecule has 0 radical (unpaired) electrons. The molecule has 2 atom stereocenters. The minimum atomic E-state index is -0.336. The molecule has 4 heteroatoms. The summed E-state index contributed by atoms with van der Waals surface area (Å²) in [5.41, 5.74) is 8.42. The maximum atomic E-state index is 8.96. The van der Waals surface area contributed by atoms with Crippen molar-refractivity contribution in [1.29, 1.82) is 5.26 Å². The Kier molecular flexibility index (Phi) is 4.32. The Hall–Kier alpha value is -1.41. The van der Waals surface area contributed by atoms with Crippen molar-refractivity contribution >= 4 is 0 Å². The van der Waals surface area contributed by atoms with Crippen LogP contribution >= 0.6 is 0 Å². The number of nitrogens with zero attached hydrogens (tertiary/aromatic N) is 2. The summed E-state index contributed by atoms with van der Waals surface area (Å²) in [7, 11) is 0.